The molecule has 2 nitrogen and oxygen atoms in total. The molecule has 74 valence electrons. The Kier molecular flexibility index (Phi) is 4.42. The topological polar surface area (TPSA) is 46.2 Å². The van der Waals surface area contributed by atoms with Gasteiger partial charge in [-0.1, -0.05) is 13.3 Å². The molecule has 1 rings (SSSR count). The van der Waals surface area contributed by atoms with Crippen LogP contribution in [0.4, 0.5) is 0 Å². The smallest absolute Gasteiger partial charge is 0.0894 e. The van der Waals surface area contributed by atoms with E-state index in [0.717, 1.165) is 17.7 Å². The van der Waals surface area contributed by atoms with Gasteiger partial charge in [0.1, 0.15) is 0 Å². The Morgan fingerprint density at radius 2 is 2.31 bits per heavy atom. The molecule has 0 aliphatic carbocycles. The summed E-state index contributed by atoms with van der Waals surface area (Å²) in [5, 5.41) is 9.63. The number of thiophene rings is 1. The fourth-order valence-corrected chi connectivity index (χ4v) is 2.39. The number of rotatable bonds is 5. The van der Waals surface area contributed by atoms with Crippen molar-refractivity contribution in [3.05, 3.63) is 21.9 Å². The molecule has 3 heteroatoms. The van der Waals surface area contributed by atoms with Crippen LogP contribution in [0.3, 0.4) is 0 Å². The van der Waals surface area contributed by atoms with Crippen molar-refractivity contribution in [3.8, 4) is 0 Å². The molecule has 0 fully saturated rings. The van der Waals surface area contributed by atoms with E-state index in [1.807, 2.05) is 6.07 Å². The van der Waals surface area contributed by atoms with Crippen molar-refractivity contribution in [1.82, 2.24) is 0 Å². The zero-order valence-corrected chi connectivity index (χ0v) is 8.81. The predicted molar refractivity (Wildman–Crippen MR) is 56.9 cm³/mol. The monoisotopic (exact) mass is 199 g/mol. The summed E-state index contributed by atoms with van der Waals surface area (Å²) in [6.07, 6.45) is 2.57. The number of aliphatic hydroxyl groups is 1. The van der Waals surface area contributed by atoms with Gasteiger partial charge in [-0.3, -0.25) is 0 Å². The van der Waals surface area contributed by atoms with Crippen LogP contribution in [-0.4, -0.2) is 11.7 Å². The lowest BCUT2D eigenvalue weighted by atomic mass is 10.2. The van der Waals surface area contributed by atoms with Gasteiger partial charge < -0.3 is 10.8 Å². The summed E-state index contributed by atoms with van der Waals surface area (Å²) in [7, 11) is 0. The Morgan fingerprint density at radius 3 is 2.92 bits per heavy atom. The molecule has 0 saturated carbocycles. The minimum absolute atomic E-state index is 0.361. The third kappa shape index (κ3) is 3.10. The predicted octanol–water partition coefficient (Wildman–Crippen LogP) is 2.08. The van der Waals surface area contributed by atoms with Gasteiger partial charge in [0.15, 0.2) is 0 Å². The first-order valence-electron chi connectivity index (χ1n) is 4.74. The standard InChI is InChI=1S/C10H17NOS/c1-2-3-8-4-5-10(13-8)9(12)6-7-11/h4-5,9,12H,2-3,6-7,11H2,1H3/t9-/m0/s1. The Hall–Kier alpha value is -0.380. The van der Waals surface area contributed by atoms with Gasteiger partial charge >= 0.3 is 0 Å². The molecule has 1 aromatic rings. The van der Waals surface area contributed by atoms with Gasteiger partial charge in [-0.2, -0.15) is 0 Å². The van der Waals surface area contributed by atoms with Crippen molar-refractivity contribution in [3.63, 3.8) is 0 Å². The van der Waals surface area contributed by atoms with E-state index in [1.54, 1.807) is 11.3 Å². The number of aryl methyl sites for hydroxylation is 1. The van der Waals surface area contributed by atoms with Crippen molar-refractivity contribution < 1.29 is 5.11 Å². The summed E-state index contributed by atoms with van der Waals surface area (Å²) in [6, 6.07) is 4.11. The third-order valence-corrected chi connectivity index (χ3v) is 3.19. The van der Waals surface area contributed by atoms with Crippen LogP contribution in [0.1, 0.15) is 35.6 Å². The quantitative estimate of drug-likeness (QED) is 0.762. The van der Waals surface area contributed by atoms with Gasteiger partial charge in [0.25, 0.3) is 0 Å². The highest BCUT2D eigenvalue weighted by Crippen LogP contribution is 2.25. The van der Waals surface area contributed by atoms with E-state index in [4.69, 9.17) is 5.73 Å². The fraction of sp³-hybridized carbons (Fsp3) is 0.600. The zero-order valence-electron chi connectivity index (χ0n) is 7.99. The highest BCUT2D eigenvalue weighted by molar-refractivity contribution is 7.12. The van der Waals surface area contributed by atoms with E-state index in [9.17, 15) is 5.11 Å². The van der Waals surface area contributed by atoms with Crippen LogP contribution in [0.5, 0.6) is 0 Å². The van der Waals surface area contributed by atoms with Crippen LogP contribution < -0.4 is 5.73 Å². The molecule has 0 aliphatic rings. The van der Waals surface area contributed by atoms with Crippen molar-refractivity contribution in [2.75, 3.05) is 6.54 Å². The minimum atomic E-state index is -0.361. The number of hydrogen-bond donors (Lipinski definition) is 2. The lowest BCUT2D eigenvalue weighted by Crippen LogP contribution is -2.05. The summed E-state index contributed by atoms with van der Waals surface area (Å²) in [5.74, 6) is 0. The van der Waals surface area contributed by atoms with E-state index < -0.39 is 0 Å². The molecule has 0 bridgehead atoms. The lowest BCUT2D eigenvalue weighted by molar-refractivity contribution is 0.174. The Balaban J connectivity index is 2.56. The molecule has 3 N–H and O–H groups in total. The molecule has 1 heterocycles. The molecule has 0 amide bonds. The van der Waals surface area contributed by atoms with E-state index in [2.05, 4.69) is 13.0 Å². The first kappa shape index (κ1) is 10.7. The van der Waals surface area contributed by atoms with Gasteiger partial charge in [0, 0.05) is 9.75 Å². The molecule has 0 saturated heterocycles. The first-order chi connectivity index (χ1) is 6.27. The summed E-state index contributed by atoms with van der Waals surface area (Å²) < 4.78 is 0. The third-order valence-electron chi connectivity index (χ3n) is 1.95. The Bertz CT molecular complexity index is 247. The molecule has 0 radical (unpaired) electrons. The molecule has 1 atom stereocenters. The largest absolute Gasteiger partial charge is 0.388 e. The summed E-state index contributed by atoms with van der Waals surface area (Å²) in [5.41, 5.74) is 5.38. The maximum Gasteiger partial charge on any atom is 0.0894 e. The van der Waals surface area contributed by atoms with Crippen molar-refractivity contribution in [1.29, 1.82) is 0 Å². The van der Waals surface area contributed by atoms with Crippen LogP contribution in [0.25, 0.3) is 0 Å². The molecular formula is C10H17NOS. The van der Waals surface area contributed by atoms with E-state index in [0.29, 0.717) is 13.0 Å². The van der Waals surface area contributed by atoms with Crippen LogP contribution in [0, 0.1) is 0 Å². The number of nitrogens with two attached hydrogens (primary N) is 1. The molecule has 1 aromatic heterocycles. The van der Waals surface area contributed by atoms with E-state index in [-0.39, 0.29) is 6.10 Å². The Labute approximate surface area is 83.4 Å². The van der Waals surface area contributed by atoms with Crippen molar-refractivity contribution in [2.45, 2.75) is 32.3 Å². The minimum Gasteiger partial charge on any atom is -0.388 e. The van der Waals surface area contributed by atoms with Crippen molar-refractivity contribution >= 4 is 11.3 Å². The second-order valence-electron chi connectivity index (χ2n) is 3.15. The molecule has 0 unspecified atom stereocenters. The maximum absolute atomic E-state index is 9.63. The summed E-state index contributed by atoms with van der Waals surface area (Å²) in [4.78, 5) is 2.41. The molecule has 13 heavy (non-hydrogen) atoms. The van der Waals surface area contributed by atoms with Gasteiger partial charge in [-0.05, 0) is 31.5 Å². The van der Waals surface area contributed by atoms with Crippen LogP contribution in [0.15, 0.2) is 12.1 Å². The SMILES string of the molecule is CCCc1ccc([C@@H](O)CCN)s1. The number of aliphatic hydroxyl groups excluding tert-OH is 1. The zero-order chi connectivity index (χ0) is 9.68. The second kappa shape index (κ2) is 5.37. The Morgan fingerprint density at radius 1 is 1.54 bits per heavy atom. The highest BCUT2D eigenvalue weighted by atomic mass is 32.1. The normalized spacial score (nSPS) is 13.2. The first-order valence-corrected chi connectivity index (χ1v) is 5.56. The van der Waals surface area contributed by atoms with Crippen LogP contribution in [0.2, 0.25) is 0 Å². The van der Waals surface area contributed by atoms with Gasteiger partial charge in [0.05, 0.1) is 6.10 Å². The maximum atomic E-state index is 9.63. The molecule has 0 aliphatic heterocycles. The molecular weight excluding hydrogens is 182 g/mol. The summed E-state index contributed by atoms with van der Waals surface area (Å²) >= 11 is 1.70. The lowest BCUT2D eigenvalue weighted by Gasteiger charge is -2.04. The molecule has 0 spiro atoms. The van der Waals surface area contributed by atoms with E-state index >= 15 is 0 Å². The van der Waals surface area contributed by atoms with E-state index in [1.165, 1.54) is 4.88 Å². The average molecular weight is 199 g/mol. The number of hydrogen-bond acceptors (Lipinski definition) is 3. The fourth-order valence-electron chi connectivity index (χ4n) is 1.25. The van der Waals surface area contributed by atoms with Gasteiger partial charge in [-0.25, -0.2) is 0 Å². The van der Waals surface area contributed by atoms with Crippen molar-refractivity contribution in [2.24, 2.45) is 5.73 Å². The molecule has 0 aromatic carbocycles. The second-order valence-corrected chi connectivity index (χ2v) is 4.35. The van der Waals surface area contributed by atoms with Crippen LogP contribution >= 0.6 is 11.3 Å². The van der Waals surface area contributed by atoms with Crippen LogP contribution in [-0.2, 0) is 6.42 Å². The van der Waals surface area contributed by atoms with Gasteiger partial charge in [-0.15, -0.1) is 11.3 Å². The summed E-state index contributed by atoms with van der Waals surface area (Å²) in [6.45, 7) is 2.71. The average Bonchev–Trinajstić information content (AvgIpc) is 2.54. The highest BCUT2D eigenvalue weighted by Gasteiger charge is 2.08. The van der Waals surface area contributed by atoms with Gasteiger partial charge in [0.2, 0.25) is 0 Å².